The number of aliphatic carboxylic acids is 1. The lowest BCUT2D eigenvalue weighted by atomic mass is 10.1. The van der Waals surface area contributed by atoms with E-state index in [4.69, 9.17) is 5.11 Å². The van der Waals surface area contributed by atoms with Crippen LogP contribution < -0.4 is 4.90 Å². The summed E-state index contributed by atoms with van der Waals surface area (Å²) < 4.78 is 0. The third-order valence-electron chi connectivity index (χ3n) is 3.85. The zero-order chi connectivity index (χ0) is 17.1. The normalized spacial score (nSPS) is 10.7. The van der Waals surface area contributed by atoms with Crippen LogP contribution in [0.5, 0.6) is 0 Å². The molecule has 0 fully saturated rings. The van der Waals surface area contributed by atoms with Crippen LogP contribution in [0.15, 0.2) is 30.3 Å². The van der Waals surface area contributed by atoms with E-state index in [0.717, 1.165) is 44.2 Å². The third-order valence-corrected chi connectivity index (χ3v) is 3.85. The van der Waals surface area contributed by atoms with E-state index in [9.17, 15) is 9.59 Å². The molecule has 1 amide bonds. The van der Waals surface area contributed by atoms with E-state index in [2.05, 4.69) is 0 Å². The standard InChI is InChI=1S/C19H29NO3/c1-16(2)20(17-12-8-7-9-13-17)18(21)14-10-5-3-4-6-11-15-19(22)23/h7-9,12-13,16H,3-6,10-11,14-15H2,1-2H3,(H,22,23). The molecule has 0 spiro atoms. The number of hydrogen-bond acceptors (Lipinski definition) is 2. The number of unbranched alkanes of at least 4 members (excludes halogenated alkanes) is 5. The molecule has 0 saturated carbocycles. The molecule has 0 atom stereocenters. The fraction of sp³-hybridized carbons (Fsp3) is 0.579. The van der Waals surface area contributed by atoms with Crippen molar-refractivity contribution in [2.45, 2.75) is 71.3 Å². The Balaban J connectivity index is 2.25. The average Bonchev–Trinajstić information content (AvgIpc) is 2.50. The van der Waals surface area contributed by atoms with E-state index in [1.54, 1.807) is 0 Å². The Morgan fingerprint density at radius 3 is 1.96 bits per heavy atom. The van der Waals surface area contributed by atoms with Crippen LogP contribution in [-0.2, 0) is 9.59 Å². The van der Waals surface area contributed by atoms with Gasteiger partial charge in [-0.15, -0.1) is 0 Å². The van der Waals surface area contributed by atoms with Gasteiger partial charge in [-0.1, -0.05) is 43.9 Å². The van der Waals surface area contributed by atoms with Gasteiger partial charge in [0.25, 0.3) is 0 Å². The molecular weight excluding hydrogens is 290 g/mol. The zero-order valence-corrected chi connectivity index (χ0v) is 14.3. The van der Waals surface area contributed by atoms with Gasteiger partial charge in [0, 0.05) is 24.6 Å². The van der Waals surface area contributed by atoms with Crippen molar-refractivity contribution in [3.63, 3.8) is 0 Å². The molecule has 0 saturated heterocycles. The Morgan fingerprint density at radius 1 is 0.913 bits per heavy atom. The van der Waals surface area contributed by atoms with Crippen molar-refractivity contribution in [1.82, 2.24) is 0 Å². The number of amides is 1. The molecular formula is C19H29NO3. The maximum absolute atomic E-state index is 12.5. The molecule has 0 unspecified atom stereocenters. The number of hydrogen-bond donors (Lipinski definition) is 1. The van der Waals surface area contributed by atoms with Crippen LogP contribution in [0.1, 0.15) is 65.2 Å². The first-order chi connectivity index (χ1) is 11.0. The van der Waals surface area contributed by atoms with Gasteiger partial charge in [0.2, 0.25) is 5.91 Å². The second-order valence-corrected chi connectivity index (χ2v) is 6.21. The third kappa shape index (κ3) is 7.82. The lowest BCUT2D eigenvalue weighted by Gasteiger charge is -2.27. The van der Waals surface area contributed by atoms with E-state index in [1.165, 1.54) is 0 Å². The molecule has 1 aromatic carbocycles. The first-order valence-electron chi connectivity index (χ1n) is 8.61. The molecule has 4 nitrogen and oxygen atoms in total. The highest BCUT2D eigenvalue weighted by atomic mass is 16.4. The summed E-state index contributed by atoms with van der Waals surface area (Å²) >= 11 is 0. The Hall–Kier alpha value is -1.84. The predicted octanol–water partition coefficient (Wildman–Crippen LogP) is 4.63. The number of rotatable bonds is 11. The number of carbonyl (C=O) groups is 2. The molecule has 0 aliphatic carbocycles. The molecule has 4 heteroatoms. The quantitative estimate of drug-likeness (QED) is 0.605. The van der Waals surface area contributed by atoms with E-state index in [-0.39, 0.29) is 18.4 Å². The summed E-state index contributed by atoms with van der Waals surface area (Å²) in [5.41, 5.74) is 0.959. The first kappa shape index (κ1) is 19.2. The van der Waals surface area contributed by atoms with Gasteiger partial charge in [-0.25, -0.2) is 0 Å². The van der Waals surface area contributed by atoms with Crippen molar-refractivity contribution >= 4 is 17.6 Å². The van der Waals surface area contributed by atoms with Crippen LogP contribution >= 0.6 is 0 Å². The van der Waals surface area contributed by atoms with E-state index < -0.39 is 5.97 Å². The van der Waals surface area contributed by atoms with Crippen molar-refractivity contribution in [2.24, 2.45) is 0 Å². The second kappa shape index (κ2) is 10.8. The van der Waals surface area contributed by atoms with Crippen molar-refractivity contribution < 1.29 is 14.7 Å². The molecule has 0 heterocycles. The zero-order valence-electron chi connectivity index (χ0n) is 14.3. The largest absolute Gasteiger partial charge is 0.481 e. The average molecular weight is 319 g/mol. The summed E-state index contributed by atoms with van der Waals surface area (Å²) in [7, 11) is 0. The predicted molar refractivity (Wildman–Crippen MR) is 93.6 cm³/mol. The Labute approximate surface area is 139 Å². The van der Waals surface area contributed by atoms with Gasteiger partial charge in [0.05, 0.1) is 0 Å². The minimum Gasteiger partial charge on any atom is -0.481 e. The molecule has 128 valence electrons. The highest BCUT2D eigenvalue weighted by molar-refractivity contribution is 5.93. The Morgan fingerprint density at radius 2 is 1.43 bits per heavy atom. The fourth-order valence-corrected chi connectivity index (χ4v) is 2.70. The first-order valence-corrected chi connectivity index (χ1v) is 8.61. The summed E-state index contributed by atoms with van der Waals surface area (Å²) in [5.74, 6) is -0.539. The topological polar surface area (TPSA) is 57.6 Å². The number of carbonyl (C=O) groups excluding carboxylic acids is 1. The highest BCUT2D eigenvalue weighted by Crippen LogP contribution is 2.19. The maximum atomic E-state index is 12.5. The number of para-hydroxylation sites is 1. The molecule has 0 aromatic heterocycles. The number of anilines is 1. The summed E-state index contributed by atoms with van der Waals surface area (Å²) in [4.78, 5) is 24.7. The molecule has 1 N–H and O–H groups in total. The fourth-order valence-electron chi connectivity index (χ4n) is 2.70. The van der Waals surface area contributed by atoms with Crippen LogP contribution in [0.25, 0.3) is 0 Å². The number of benzene rings is 1. The monoisotopic (exact) mass is 319 g/mol. The number of carboxylic acid groups (broad SMARTS) is 1. The van der Waals surface area contributed by atoms with E-state index in [1.807, 2.05) is 49.1 Å². The van der Waals surface area contributed by atoms with Crippen LogP contribution in [-0.4, -0.2) is 23.0 Å². The van der Waals surface area contributed by atoms with Gasteiger partial charge < -0.3 is 10.0 Å². The highest BCUT2D eigenvalue weighted by Gasteiger charge is 2.17. The minimum absolute atomic E-state index is 0.154. The number of carboxylic acids is 1. The lowest BCUT2D eigenvalue weighted by molar-refractivity contribution is -0.137. The minimum atomic E-state index is -0.717. The molecule has 1 aromatic rings. The molecule has 23 heavy (non-hydrogen) atoms. The van der Waals surface area contributed by atoms with Gasteiger partial charge >= 0.3 is 5.97 Å². The van der Waals surface area contributed by atoms with Crippen molar-refractivity contribution in [1.29, 1.82) is 0 Å². The second-order valence-electron chi connectivity index (χ2n) is 6.21. The summed E-state index contributed by atoms with van der Waals surface area (Å²) in [6.45, 7) is 4.07. The SMILES string of the molecule is CC(C)N(C(=O)CCCCCCCCC(=O)O)c1ccccc1. The van der Waals surface area contributed by atoms with Gasteiger partial charge in [-0.3, -0.25) is 9.59 Å². The maximum Gasteiger partial charge on any atom is 0.303 e. The van der Waals surface area contributed by atoms with E-state index in [0.29, 0.717) is 6.42 Å². The number of nitrogens with zero attached hydrogens (tertiary/aromatic N) is 1. The van der Waals surface area contributed by atoms with Gasteiger partial charge in [-0.2, -0.15) is 0 Å². The van der Waals surface area contributed by atoms with Crippen LogP contribution in [0.4, 0.5) is 5.69 Å². The molecule has 0 radical (unpaired) electrons. The smallest absolute Gasteiger partial charge is 0.303 e. The Bertz CT molecular complexity index is 471. The summed E-state index contributed by atoms with van der Waals surface area (Å²) in [5, 5.41) is 8.56. The van der Waals surface area contributed by atoms with Gasteiger partial charge in [-0.05, 0) is 38.8 Å². The lowest BCUT2D eigenvalue weighted by Crippen LogP contribution is -2.36. The van der Waals surface area contributed by atoms with Gasteiger partial charge in [0.1, 0.15) is 0 Å². The van der Waals surface area contributed by atoms with Crippen LogP contribution in [0.3, 0.4) is 0 Å². The van der Waals surface area contributed by atoms with Crippen molar-refractivity contribution in [3.05, 3.63) is 30.3 Å². The van der Waals surface area contributed by atoms with Crippen molar-refractivity contribution in [2.75, 3.05) is 4.90 Å². The van der Waals surface area contributed by atoms with Gasteiger partial charge in [0.15, 0.2) is 0 Å². The van der Waals surface area contributed by atoms with Crippen molar-refractivity contribution in [3.8, 4) is 0 Å². The molecule has 0 bridgehead atoms. The molecule has 1 rings (SSSR count). The summed E-state index contributed by atoms with van der Waals surface area (Å²) in [6.07, 6.45) is 6.59. The summed E-state index contributed by atoms with van der Waals surface area (Å²) in [6, 6.07) is 9.96. The van der Waals surface area contributed by atoms with E-state index >= 15 is 0 Å². The molecule has 0 aliphatic heterocycles. The Kier molecular flexibility index (Phi) is 9.03. The molecule has 0 aliphatic rings. The van der Waals surface area contributed by atoms with Crippen LogP contribution in [0.2, 0.25) is 0 Å². The van der Waals surface area contributed by atoms with Crippen LogP contribution in [0, 0.1) is 0 Å².